The zero-order chi connectivity index (χ0) is 22.4. The standard InChI is InChI=1S/C21H23N3O5S2/c1-4-29-17-8-5-14(6-9-17)21-23-16(13-30-21)12-20(25)22-15-7-10-18(19(11-15)28-2)24-31(3,26)27/h5-11,13,24H,4,12H2,1-3H3,(H,22,25). The lowest BCUT2D eigenvalue weighted by Gasteiger charge is -2.12. The highest BCUT2D eigenvalue weighted by Crippen LogP contribution is 2.29. The monoisotopic (exact) mass is 461 g/mol. The van der Waals surface area contributed by atoms with Crippen molar-refractivity contribution >= 4 is 38.6 Å². The van der Waals surface area contributed by atoms with Crippen LogP contribution in [0.15, 0.2) is 47.8 Å². The molecule has 2 N–H and O–H groups in total. The minimum Gasteiger partial charge on any atom is -0.494 e. The molecular formula is C21H23N3O5S2. The van der Waals surface area contributed by atoms with Crippen LogP contribution in [0.2, 0.25) is 0 Å². The van der Waals surface area contributed by atoms with Gasteiger partial charge in [-0.1, -0.05) is 0 Å². The number of rotatable bonds is 9. The van der Waals surface area contributed by atoms with Crippen LogP contribution in [0.5, 0.6) is 11.5 Å². The number of thiazole rings is 1. The number of hydrogen-bond donors (Lipinski definition) is 2. The summed E-state index contributed by atoms with van der Waals surface area (Å²) < 4.78 is 35.9. The zero-order valence-corrected chi connectivity index (χ0v) is 19.0. The molecule has 0 fully saturated rings. The van der Waals surface area contributed by atoms with Crippen molar-refractivity contribution in [2.45, 2.75) is 13.3 Å². The molecule has 0 atom stereocenters. The number of anilines is 2. The van der Waals surface area contributed by atoms with E-state index in [4.69, 9.17) is 9.47 Å². The molecule has 0 saturated heterocycles. The maximum absolute atomic E-state index is 12.4. The molecule has 0 aliphatic heterocycles. The van der Waals surface area contributed by atoms with Crippen LogP contribution in [0, 0.1) is 0 Å². The molecule has 0 unspecified atom stereocenters. The maximum Gasteiger partial charge on any atom is 0.230 e. The molecule has 0 radical (unpaired) electrons. The minimum absolute atomic E-state index is 0.110. The molecule has 3 rings (SSSR count). The first-order valence-electron chi connectivity index (χ1n) is 9.40. The Morgan fingerprint density at radius 3 is 2.55 bits per heavy atom. The molecular weight excluding hydrogens is 438 g/mol. The van der Waals surface area contributed by atoms with Crippen LogP contribution in [0.3, 0.4) is 0 Å². The molecule has 0 aliphatic carbocycles. The van der Waals surface area contributed by atoms with E-state index in [0.29, 0.717) is 29.4 Å². The lowest BCUT2D eigenvalue weighted by molar-refractivity contribution is -0.115. The van der Waals surface area contributed by atoms with Crippen LogP contribution < -0.4 is 19.5 Å². The second-order valence-corrected chi connectivity index (χ2v) is 9.22. The summed E-state index contributed by atoms with van der Waals surface area (Å²) in [6.45, 7) is 2.54. The van der Waals surface area contributed by atoms with Gasteiger partial charge in [0.05, 0.1) is 37.8 Å². The number of aromatic nitrogens is 1. The highest BCUT2D eigenvalue weighted by atomic mass is 32.2. The second-order valence-electron chi connectivity index (χ2n) is 6.62. The quantitative estimate of drug-likeness (QED) is 0.502. The summed E-state index contributed by atoms with van der Waals surface area (Å²) in [4.78, 5) is 17.0. The fourth-order valence-corrected chi connectivity index (χ4v) is 4.20. The fraction of sp³-hybridized carbons (Fsp3) is 0.238. The largest absolute Gasteiger partial charge is 0.494 e. The Kier molecular flexibility index (Phi) is 7.13. The van der Waals surface area contributed by atoms with Crippen molar-refractivity contribution in [3.05, 3.63) is 53.5 Å². The Bertz CT molecular complexity index is 1160. The summed E-state index contributed by atoms with van der Waals surface area (Å²) in [6.07, 6.45) is 1.16. The Morgan fingerprint density at radius 2 is 1.90 bits per heavy atom. The summed E-state index contributed by atoms with van der Waals surface area (Å²) in [5, 5.41) is 5.45. The number of hydrogen-bond acceptors (Lipinski definition) is 7. The van der Waals surface area contributed by atoms with E-state index in [1.807, 2.05) is 36.6 Å². The van der Waals surface area contributed by atoms with Crippen LogP contribution in [0.4, 0.5) is 11.4 Å². The van der Waals surface area contributed by atoms with Crippen molar-refractivity contribution in [3.63, 3.8) is 0 Å². The van der Waals surface area contributed by atoms with Gasteiger partial charge in [-0.2, -0.15) is 0 Å². The number of methoxy groups -OCH3 is 1. The van der Waals surface area contributed by atoms with E-state index in [9.17, 15) is 13.2 Å². The topological polar surface area (TPSA) is 107 Å². The normalized spacial score (nSPS) is 11.1. The molecule has 164 valence electrons. The molecule has 0 bridgehead atoms. The maximum atomic E-state index is 12.4. The number of carbonyl (C=O) groups is 1. The van der Waals surface area contributed by atoms with E-state index >= 15 is 0 Å². The predicted octanol–water partition coefficient (Wildman–Crippen LogP) is 3.77. The number of ether oxygens (including phenoxy) is 2. The van der Waals surface area contributed by atoms with Crippen molar-refractivity contribution in [2.75, 3.05) is 30.0 Å². The van der Waals surface area contributed by atoms with Gasteiger partial charge in [0.2, 0.25) is 15.9 Å². The average Bonchev–Trinajstić information content (AvgIpc) is 3.17. The van der Waals surface area contributed by atoms with Gasteiger partial charge in [-0.15, -0.1) is 11.3 Å². The molecule has 1 aromatic heterocycles. The highest BCUT2D eigenvalue weighted by Gasteiger charge is 2.13. The van der Waals surface area contributed by atoms with Gasteiger partial charge in [0.1, 0.15) is 16.5 Å². The number of nitrogens with zero attached hydrogens (tertiary/aromatic N) is 1. The minimum atomic E-state index is -3.44. The lowest BCUT2D eigenvalue weighted by Crippen LogP contribution is -2.15. The lowest BCUT2D eigenvalue weighted by atomic mass is 10.2. The third kappa shape index (κ3) is 6.43. The van der Waals surface area contributed by atoms with Crippen molar-refractivity contribution in [1.29, 1.82) is 0 Å². The van der Waals surface area contributed by atoms with E-state index in [-0.39, 0.29) is 12.3 Å². The Labute approximate surface area is 185 Å². The summed E-state index contributed by atoms with van der Waals surface area (Å²) >= 11 is 1.47. The number of nitrogens with one attached hydrogen (secondary N) is 2. The summed E-state index contributed by atoms with van der Waals surface area (Å²) in [5.74, 6) is 0.861. The Morgan fingerprint density at radius 1 is 1.16 bits per heavy atom. The average molecular weight is 462 g/mol. The van der Waals surface area contributed by atoms with Crippen LogP contribution in [-0.2, 0) is 21.2 Å². The molecule has 10 heteroatoms. The van der Waals surface area contributed by atoms with Crippen molar-refractivity contribution in [2.24, 2.45) is 0 Å². The molecule has 8 nitrogen and oxygen atoms in total. The van der Waals surface area contributed by atoms with Gasteiger partial charge in [0.25, 0.3) is 0 Å². The van der Waals surface area contributed by atoms with Crippen LogP contribution in [0.25, 0.3) is 10.6 Å². The molecule has 0 saturated carbocycles. The van der Waals surface area contributed by atoms with E-state index in [1.54, 1.807) is 12.1 Å². The fourth-order valence-electron chi connectivity index (χ4n) is 2.80. The number of sulfonamides is 1. The van der Waals surface area contributed by atoms with E-state index in [2.05, 4.69) is 15.0 Å². The highest BCUT2D eigenvalue weighted by molar-refractivity contribution is 7.92. The third-order valence-electron chi connectivity index (χ3n) is 4.09. The van der Waals surface area contributed by atoms with Gasteiger partial charge in [-0.3, -0.25) is 9.52 Å². The number of benzene rings is 2. The van der Waals surface area contributed by atoms with Gasteiger partial charge < -0.3 is 14.8 Å². The van der Waals surface area contributed by atoms with E-state index in [0.717, 1.165) is 22.6 Å². The van der Waals surface area contributed by atoms with E-state index in [1.165, 1.54) is 24.5 Å². The van der Waals surface area contributed by atoms with Crippen LogP contribution >= 0.6 is 11.3 Å². The predicted molar refractivity (Wildman–Crippen MR) is 123 cm³/mol. The number of carbonyl (C=O) groups excluding carboxylic acids is 1. The van der Waals surface area contributed by atoms with Crippen LogP contribution in [0.1, 0.15) is 12.6 Å². The molecule has 3 aromatic rings. The second kappa shape index (κ2) is 9.80. The molecule has 0 spiro atoms. The summed E-state index contributed by atoms with van der Waals surface area (Å²) in [6, 6.07) is 12.3. The first-order valence-corrected chi connectivity index (χ1v) is 12.2. The SMILES string of the molecule is CCOc1ccc(-c2nc(CC(=O)Nc3ccc(NS(C)(=O)=O)c(OC)c3)cs2)cc1. The first-order chi connectivity index (χ1) is 14.8. The van der Waals surface area contributed by atoms with Gasteiger partial charge >= 0.3 is 0 Å². The summed E-state index contributed by atoms with van der Waals surface area (Å²) in [5.41, 5.74) is 2.40. The van der Waals surface area contributed by atoms with Crippen LogP contribution in [-0.4, -0.2) is 39.3 Å². The van der Waals surface area contributed by atoms with Crippen molar-refractivity contribution in [1.82, 2.24) is 4.98 Å². The van der Waals surface area contributed by atoms with E-state index < -0.39 is 10.0 Å². The smallest absolute Gasteiger partial charge is 0.230 e. The first kappa shape index (κ1) is 22.6. The van der Waals surface area contributed by atoms with Gasteiger partial charge in [0.15, 0.2) is 0 Å². The molecule has 2 aromatic carbocycles. The molecule has 1 heterocycles. The molecule has 31 heavy (non-hydrogen) atoms. The van der Waals surface area contributed by atoms with Crippen molar-refractivity contribution in [3.8, 4) is 22.1 Å². The zero-order valence-electron chi connectivity index (χ0n) is 17.3. The van der Waals surface area contributed by atoms with Crippen molar-refractivity contribution < 1.29 is 22.7 Å². The summed E-state index contributed by atoms with van der Waals surface area (Å²) in [7, 11) is -2.02. The van der Waals surface area contributed by atoms with Gasteiger partial charge in [0, 0.05) is 22.7 Å². The number of amides is 1. The van der Waals surface area contributed by atoms with Gasteiger partial charge in [-0.05, 0) is 43.3 Å². The van der Waals surface area contributed by atoms with Gasteiger partial charge in [-0.25, -0.2) is 13.4 Å². The Hall–Kier alpha value is -3.11. The molecule has 0 aliphatic rings. The Balaban J connectivity index is 1.65. The third-order valence-corrected chi connectivity index (χ3v) is 5.62. The molecule has 1 amide bonds.